The molecule has 4 aromatic rings. The number of benzene rings is 2. The van der Waals surface area contributed by atoms with Gasteiger partial charge in [0.2, 0.25) is 5.91 Å². The van der Waals surface area contributed by atoms with Crippen molar-refractivity contribution in [1.82, 2.24) is 9.47 Å². The molecule has 1 unspecified atom stereocenters. The highest BCUT2D eigenvalue weighted by Crippen LogP contribution is 2.42. The van der Waals surface area contributed by atoms with Gasteiger partial charge >= 0.3 is 6.03 Å². The van der Waals surface area contributed by atoms with Gasteiger partial charge in [0, 0.05) is 17.9 Å². The van der Waals surface area contributed by atoms with Crippen LogP contribution >= 0.6 is 0 Å². The molecule has 2 aromatic carbocycles. The van der Waals surface area contributed by atoms with E-state index in [0.717, 1.165) is 41.2 Å². The highest BCUT2D eigenvalue weighted by molar-refractivity contribution is 6.01. The SMILES string of the molecule is Cc1ccc(NC(=O)N(CC(=O)N2c3ccccc3-n3cccc3C2c2ccco2)C2CC2)cc1C. The third-order valence-corrected chi connectivity index (χ3v) is 7.11. The topological polar surface area (TPSA) is 70.7 Å². The number of urea groups is 1. The van der Waals surface area contributed by atoms with Crippen molar-refractivity contribution in [3.05, 3.63) is 102 Å². The number of hydrogen-bond donors (Lipinski definition) is 1. The third kappa shape index (κ3) is 3.86. The maximum atomic E-state index is 14.0. The van der Waals surface area contributed by atoms with Crippen molar-refractivity contribution in [2.75, 3.05) is 16.8 Å². The molecule has 0 saturated heterocycles. The Morgan fingerprint density at radius 1 is 0.972 bits per heavy atom. The Morgan fingerprint density at radius 2 is 1.78 bits per heavy atom. The summed E-state index contributed by atoms with van der Waals surface area (Å²) in [5, 5.41) is 3.00. The minimum absolute atomic E-state index is 0.0202. The van der Waals surface area contributed by atoms with Crippen LogP contribution in [0.1, 0.15) is 41.5 Å². The lowest BCUT2D eigenvalue weighted by atomic mass is 10.0. The molecular formula is C29H28N4O3. The average molecular weight is 481 g/mol. The number of hydrogen-bond acceptors (Lipinski definition) is 3. The number of nitrogens with zero attached hydrogens (tertiary/aromatic N) is 3. The van der Waals surface area contributed by atoms with Crippen LogP contribution < -0.4 is 10.2 Å². The largest absolute Gasteiger partial charge is 0.467 e. The molecule has 36 heavy (non-hydrogen) atoms. The highest BCUT2D eigenvalue weighted by atomic mass is 16.3. The van der Waals surface area contributed by atoms with Crippen molar-refractivity contribution in [2.24, 2.45) is 0 Å². The molecule has 0 radical (unpaired) electrons. The Bertz CT molecular complexity index is 1430. The molecule has 3 amide bonds. The lowest BCUT2D eigenvalue weighted by molar-refractivity contribution is -0.119. The molecule has 1 atom stereocenters. The number of para-hydroxylation sites is 2. The zero-order valence-electron chi connectivity index (χ0n) is 20.3. The summed E-state index contributed by atoms with van der Waals surface area (Å²) < 4.78 is 7.90. The van der Waals surface area contributed by atoms with E-state index in [9.17, 15) is 9.59 Å². The molecule has 2 aromatic heterocycles. The molecule has 7 nitrogen and oxygen atoms in total. The van der Waals surface area contributed by atoms with Gasteiger partial charge in [0.15, 0.2) is 0 Å². The van der Waals surface area contributed by atoms with Crippen LogP contribution in [0.2, 0.25) is 0 Å². The number of anilines is 2. The number of aryl methyl sites for hydroxylation is 2. The van der Waals surface area contributed by atoms with Crippen LogP contribution in [0, 0.1) is 13.8 Å². The zero-order valence-corrected chi connectivity index (χ0v) is 20.3. The van der Waals surface area contributed by atoms with E-state index in [-0.39, 0.29) is 24.5 Å². The van der Waals surface area contributed by atoms with E-state index in [0.29, 0.717) is 5.76 Å². The fourth-order valence-corrected chi connectivity index (χ4v) is 4.97. The fourth-order valence-electron chi connectivity index (χ4n) is 4.97. The van der Waals surface area contributed by atoms with E-state index in [1.165, 1.54) is 5.56 Å². The normalized spacial score (nSPS) is 16.3. The van der Waals surface area contributed by atoms with Gasteiger partial charge < -0.3 is 19.2 Å². The first-order chi connectivity index (χ1) is 17.5. The molecule has 1 saturated carbocycles. The number of carbonyl (C=O) groups excluding carboxylic acids is 2. The molecule has 7 heteroatoms. The number of furan rings is 1. The maximum absolute atomic E-state index is 14.0. The highest BCUT2D eigenvalue weighted by Gasteiger charge is 2.41. The monoisotopic (exact) mass is 480 g/mol. The van der Waals surface area contributed by atoms with Crippen molar-refractivity contribution < 1.29 is 14.0 Å². The molecule has 3 heterocycles. The summed E-state index contributed by atoms with van der Waals surface area (Å²) in [6, 6.07) is 20.8. The molecule has 1 N–H and O–H groups in total. The Kier molecular flexibility index (Phi) is 5.40. The fraction of sp³-hybridized carbons (Fsp3) is 0.241. The van der Waals surface area contributed by atoms with Crippen LogP contribution in [-0.2, 0) is 4.79 Å². The number of carbonyl (C=O) groups is 2. The van der Waals surface area contributed by atoms with E-state index < -0.39 is 6.04 Å². The van der Waals surface area contributed by atoms with Crippen molar-refractivity contribution in [3.8, 4) is 5.69 Å². The second-order valence-electron chi connectivity index (χ2n) is 9.56. The van der Waals surface area contributed by atoms with Crippen molar-refractivity contribution >= 4 is 23.3 Å². The summed E-state index contributed by atoms with van der Waals surface area (Å²) in [7, 11) is 0. The summed E-state index contributed by atoms with van der Waals surface area (Å²) >= 11 is 0. The van der Waals surface area contributed by atoms with E-state index in [2.05, 4.69) is 9.88 Å². The predicted molar refractivity (Wildman–Crippen MR) is 138 cm³/mol. The summed E-state index contributed by atoms with van der Waals surface area (Å²) in [6.07, 6.45) is 5.42. The van der Waals surface area contributed by atoms with Crippen molar-refractivity contribution in [2.45, 2.75) is 38.8 Å². The first-order valence-electron chi connectivity index (χ1n) is 12.3. The van der Waals surface area contributed by atoms with Gasteiger partial charge in [-0.1, -0.05) is 18.2 Å². The first kappa shape index (κ1) is 22.2. The number of amides is 3. The molecular weight excluding hydrogens is 452 g/mol. The summed E-state index contributed by atoms with van der Waals surface area (Å²) in [5.41, 5.74) is 5.66. The van der Waals surface area contributed by atoms with Gasteiger partial charge in [-0.15, -0.1) is 0 Å². The standard InChI is InChI=1S/C29H28N4O3/c1-19-11-12-21(17-20(19)2)30-29(35)32(22-13-14-22)18-27(34)33-24-8-4-3-7-23(24)31-15-5-9-25(31)28(33)26-10-6-16-36-26/h3-12,15-17,22,28H,13-14,18H2,1-2H3,(H,30,35). The first-order valence-corrected chi connectivity index (χ1v) is 12.3. The van der Waals surface area contributed by atoms with Crippen molar-refractivity contribution in [1.29, 1.82) is 0 Å². The number of rotatable bonds is 5. The average Bonchev–Trinajstić information content (AvgIpc) is 3.35. The second kappa shape index (κ2) is 8.75. The Hall–Kier alpha value is -4.26. The van der Waals surface area contributed by atoms with E-state index in [1.54, 1.807) is 16.1 Å². The molecule has 0 bridgehead atoms. The minimum Gasteiger partial charge on any atom is -0.467 e. The Balaban J connectivity index is 1.33. The molecule has 2 aliphatic rings. The second-order valence-corrected chi connectivity index (χ2v) is 9.56. The van der Waals surface area contributed by atoms with E-state index in [1.807, 2.05) is 86.8 Å². The summed E-state index contributed by atoms with van der Waals surface area (Å²) in [6.45, 7) is 4.04. The maximum Gasteiger partial charge on any atom is 0.322 e. The molecule has 1 fully saturated rings. The quantitative estimate of drug-likeness (QED) is 0.391. The van der Waals surface area contributed by atoms with Gasteiger partial charge in [-0.2, -0.15) is 0 Å². The lowest BCUT2D eigenvalue weighted by Crippen LogP contribution is -2.48. The van der Waals surface area contributed by atoms with Crippen LogP contribution in [-0.4, -0.2) is 34.0 Å². The Morgan fingerprint density at radius 3 is 2.50 bits per heavy atom. The number of fused-ring (bicyclic) bond motifs is 3. The molecule has 6 rings (SSSR count). The van der Waals surface area contributed by atoms with Gasteiger partial charge in [-0.3, -0.25) is 9.69 Å². The van der Waals surface area contributed by atoms with Gasteiger partial charge in [0.25, 0.3) is 0 Å². The van der Waals surface area contributed by atoms with Crippen molar-refractivity contribution in [3.63, 3.8) is 0 Å². The summed E-state index contributed by atoms with van der Waals surface area (Å²) in [4.78, 5) is 30.8. The molecule has 0 spiro atoms. The summed E-state index contributed by atoms with van der Waals surface area (Å²) in [5.74, 6) is 0.522. The zero-order chi connectivity index (χ0) is 24.8. The van der Waals surface area contributed by atoms with Gasteiger partial charge in [0.1, 0.15) is 18.3 Å². The third-order valence-electron chi connectivity index (χ3n) is 7.11. The predicted octanol–water partition coefficient (Wildman–Crippen LogP) is 5.82. The molecule has 1 aliphatic carbocycles. The van der Waals surface area contributed by atoms with Gasteiger partial charge in [-0.05, 0) is 86.3 Å². The molecule has 1 aliphatic heterocycles. The number of aromatic nitrogens is 1. The van der Waals surface area contributed by atoms with Gasteiger partial charge in [0.05, 0.1) is 23.3 Å². The minimum atomic E-state index is -0.429. The van der Waals surface area contributed by atoms with Crippen LogP contribution in [0.25, 0.3) is 5.69 Å². The van der Waals surface area contributed by atoms with E-state index >= 15 is 0 Å². The van der Waals surface area contributed by atoms with Gasteiger partial charge in [-0.25, -0.2) is 4.79 Å². The lowest BCUT2D eigenvalue weighted by Gasteiger charge is -2.38. The van der Waals surface area contributed by atoms with Crippen LogP contribution in [0.3, 0.4) is 0 Å². The van der Waals surface area contributed by atoms with Crippen LogP contribution in [0.4, 0.5) is 16.2 Å². The smallest absolute Gasteiger partial charge is 0.322 e. The van der Waals surface area contributed by atoms with Crippen LogP contribution in [0.15, 0.2) is 83.6 Å². The number of nitrogens with one attached hydrogen (secondary N) is 1. The van der Waals surface area contributed by atoms with Crippen LogP contribution in [0.5, 0.6) is 0 Å². The molecule has 182 valence electrons. The Labute approximate surface area is 209 Å². The van der Waals surface area contributed by atoms with E-state index in [4.69, 9.17) is 4.42 Å².